The Morgan fingerprint density at radius 1 is 0.733 bits per heavy atom. The topological polar surface area (TPSA) is 57.1 Å². The fourth-order valence-electron chi connectivity index (χ4n) is 1.74. The zero-order valence-corrected chi connectivity index (χ0v) is 22.5. The number of hydrogen-bond acceptors (Lipinski definition) is 5. The lowest BCUT2D eigenvalue weighted by Gasteiger charge is -2.02. The van der Waals surface area contributed by atoms with Crippen molar-refractivity contribution < 1.29 is 9.47 Å². The minimum Gasteiger partial charge on any atom is -0.493 e. The molecule has 0 aliphatic carbocycles. The number of halogens is 4. The molecule has 0 aliphatic rings. The van der Waals surface area contributed by atoms with E-state index in [2.05, 4.69) is 74.0 Å². The average Bonchev–Trinajstić information content (AvgIpc) is 2.72. The Hall–Kier alpha value is -0.910. The van der Waals surface area contributed by atoms with Gasteiger partial charge in [0.25, 0.3) is 0 Å². The lowest BCUT2D eigenvalue weighted by molar-refractivity contribution is 0.305. The molecule has 3 rings (SSSR count). The molecular weight excluding hydrogens is 651 g/mol. The van der Waals surface area contributed by atoms with Crippen LogP contribution in [0.1, 0.15) is 26.7 Å². The van der Waals surface area contributed by atoms with E-state index in [4.69, 9.17) is 32.7 Å². The molecule has 0 unspecified atom stereocenters. The number of hydrogen-bond donors (Lipinski definition) is 0. The summed E-state index contributed by atoms with van der Waals surface area (Å²) in [5, 5.41) is 1.02. The third-order valence-electron chi connectivity index (χ3n) is 3.01. The van der Waals surface area contributed by atoms with Crippen molar-refractivity contribution >= 4 is 68.4 Å². The van der Waals surface area contributed by atoms with Crippen molar-refractivity contribution in [1.82, 2.24) is 15.0 Å². The van der Waals surface area contributed by atoms with Gasteiger partial charge in [-0.05, 0) is 82.3 Å². The summed E-state index contributed by atoms with van der Waals surface area (Å²) >= 11 is 15.6. The van der Waals surface area contributed by atoms with Gasteiger partial charge in [0, 0.05) is 37.9 Å². The molecule has 3 aromatic heterocycles. The molecular formula is C21H23Cl2I2N3O2. The summed E-state index contributed by atoms with van der Waals surface area (Å²) in [7, 11) is 0. The summed E-state index contributed by atoms with van der Waals surface area (Å²) in [6.45, 7) is 5.60. The number of aromatic nitrogens is 3. The zero-order chi connectivity index (χ0) is 22.2. The monoisotopic (exact) mass is 673 g/mol. The number of rotatable bonds is 6. The molecule has 0 atom stereocenters. The Balaban J connectivity index is 0.000000228. The van der Waals surface area contributed by atoms with Crippen LogP contribution in [0.15, 0.2) is 55.0 Å². The normalized spacial score (nSPS) is 9.53. The van der Waals surface area contributed by atoms with E-state index >= 15 is 0 Å². The van der Waals surface area contributed by atoms with E-state index in [0.717, 1.165) is 44.8 Å². The minimum absolute atomic E-state index is 0.471. The van der Waals surface area contributed by atoms with Gasteiger partial charge in [-0.1, -0.05) is 37.0 Å². The van der Waals surface area contributed by atoms with Crippen molar-refractivity contribution in [2.75, 3.05) is 13.2 Å². The van der Waals surface area contributed by atoms with Crippen LogP contribution in [0.25, 0.3) is 0 Å². The van der Waals surface area contributed by atoms with E-state index in [1.54, 1.807) is 30.7 Å². The lowest BCUT2D eigenvalue weighted by atomic mass is 10.4. The fourth-order valence-corrected chi connectivity index (χ4v) is 3.15. The molecule has 0 amide bonds. The second-order valence-electron chi connectivity index (χ2n) is 5.62. The fraction of sp³-hybridized carbons (Fsp3) is 0.286. The second-order valence-corrected chi connectivity index (χ2v) is 8.89. The van der Waals surface area contributed by atoms with Crippen molar-refractivity contribution in [3.05, 3.63) is 72.4 Å². The molecule has 5 nitrogen and oxygen atoms in total. The molecule has 0 N–H and O–H groups in total. The van der Waals surface area contributed by atoms with Gasteiger partial charge in [-0.2, -0.15) is 0 Å². The summed E-state index contributed by atoms with van der Waals surface area (Å²) in [5.74, 6) is 1.51. The van der Waals surface area contributed by atoms with Crippen molar-refractivity contribution in [3.63, 3.8) is 0 Å². The molecule has 3 heterocycles. The lowest BCUT2D eigenvalue weighted by Crippen LogP contribution is -1.96. The number of nitrogens with zero attached hydrogens (tertiary/aromatic N) is 3. The Morgan fingerprint density at radius 2 is 1.27 bits per heavy atom. The molecule has 0 saturated heterocycles. The second kappa shape index (κ2) is 16.7. The van der Waals surface area contributed by atoms with E-state index in [1.807, 2.05) is 24.3 Å². The molecule has 162 valence electrons. The van der Waals surface area contributed by atoms with Gasteiger partial charge in [-0.3, -0.25) is 0 Å². The van der Waals surface area contributed by atoms with Crippen molar-refractivity contribution in [3.8, 4) is 11.6 Å². The van der Waals surface area contributed by atoms with Crippen LogP contribution >= 0.6 is 68.4 Å². The molecule has 0 fully saturated rings. The summed E-state index contributed by atoms with van der Waals surface area (Å²) in [6.07, 6.45) is 7.09. The van der Waals surface area contributed by atoms with E-state index in [0.29, 0.717) is 10.3 Å². The van der Waals surface area contributed by atoms with Gasteiger partial charge in [0.15, 0.2) is 0 Å². The number of ether oxygens (including phenoxy) is 2. The van der Waals surface area contributed by atoms with Gasteiger partial charge in [0.1, 0.15) is 16.1 Å². The molecule has 9 heteroatoms. The van der Waals surface area contributed by atoms with Crippen LogP contribution in [0.5, 0.6) is 11.6 Å². The first-order valence-electron chi connectivity index (χ1n) is 9.20. The Morgan fingerprint density at radius 3 is 1.77 bits per heavy atom. The van der Waals surface area contributed by atoms with Crippen LogP contribution in [0, 0.1) is 7.14 Å². The highest BCUT2D eigenvalue weighted by atomic mass is 127. The molecule has 0 aliphatic heterocycles. The van der Waals surface area contributed by atoms with Crippen molar-refractivity contribution in [2.24, 2.45) is 0 Å². The van der Waals surface area contributed by atoms with Crippen LogP contribution in [0.4, 0.5) is 0 Å². The van der Waals surface area contributed by atoms with Crippen molar-refractivity contribution in [1.29, 1.82) is 0 Å². The van der Waals surface area contributed by atoms with Crippen LogP contribution in [-0.2, 0) is 0 Å². The summed E-state index contributed by atoms with van der Waals surface area (Å²) in [4.78, 5) is 11.7. The summed E-state index contributed by atoms with van der Waals surface area (Å²) < 4.78 is 12.9. The molecule has 0 radical (unpaired) electrons. The third-order valence-corrected chi connectivity index (χ3v) is 4.77. The SMILES string of the molecule is CCCOc1cc(I)ccn1.CCCOc1ccnc(Cl)c1.Clc1cc(I)ccn1. The van der Waals surface area contributed by atoms with E-state index in [1.165, 1.54) is 0 Å². The van der Waals surface area contributed by atoms with Gasteiger partial charge in [-0.25, -0.2) is 15.0 Å². The van der Waals surface area contributed by atoms with E-state index in [9.17, 15) is 0 Å². The quantitative estimate of drug-likeness (QED) is 0.203. The van der Waals surface area contributed by atoms with Crippen molar-refractivity contribution in [2.45, 2.75) is 26.7 Å². The third kappa shape index (κ3) is 13.4. The maximum atomic E-state index is 5.63. The van der Waals surface area contributed by atoms with E-state index < -0.39 is 0 Å². The van der Waals surface area contributed by atoms with Gasteiger partial charge in [-0.15, -0.1) is 0 Å². The van der Waals surface area contributed by atoms with Crippen LogP contribution < -0.4 is 9.47 Å². The number of pyridine rings is 3. The smallest absolute Gasteiger partial charge is 0.214 e. The summed E-state index contributed by atoms with van der Waals surface area (Å²) in [6, 6.07) is 11.1. The van der Waals surface area contributed by atoms with Gasteiger partial charge in [0.2, 0.25) is 5.88 Å². The Kier molecular flexibility index (Phi) is 15.1. The average molecular weight is 674 g/mol. The van der Waals surface area contributed by atoms with Crippen LogP contribution in [0.2, 0.25) is 10.3 Å². The highest BCUT2D eigenvalue weighted by Gasteiger charge is 1.94. The molecule has 0 saturated carbocycles. The molecule has 0 bridgehead atoms. The predicted octanol–water partition coefficient (Wildman–Crippen LogP) is 7.34. The molecule has 0 aromatic carbocycles. The first-order chi connectivity index (χ1) is 14.4. The largest absolute Gasteiger partial charge is 0.493 e. The summed E-state index contributed by atoms with van der Waals surface area (Å²) in [5.41, 5.74) is 0. The van der Waals surface area contributed by atoms with Crippen LogP contribution in [0.3, 0.4) is 0 Å². The predicted molar refractivity (Wildman–Crippen MR) is 140 cm³/mol. The first kappa shape index (κ1) is 27.1. The zero-order valence-electron chi connectivity index (χ0n) is 16.7. The van der Waals surface area contributed by atoms with Crippen LogP contribution in [-0.4, -0.2) is 28.2 Å². The first-order valence-corrected chi connectivity index (χ1v) is 12.1. The molecule has 3 aromatic rings. The van der Waals surface area contributed by atoms with Gasteiger partial charge >= 0.3 is 0 Å². The standard InChI is InChI=1S/C8H10ClNO.C8H10INO.C5H3ClIN/c1-2-5-11-7-3-4-10-8(9)6-7;1-2-5-11-8-6-7(9)3-4-10-8;6-5-3-4(7)1-2-8-5/h2*3-4,6H,2,5H2,1H3;1-3H. The maximum Gasteiger partial charge on any atom is 0.214 e. The maximum absolute atomic E-state index is 5.63. The van der Waals surface area contributed by atoms with E-state index in [-0.39, 0.29) is 0 Å². The van der Waals surface area contributed by atoms with Gasteiger partial charge < -0.3 is 9.47 Å². The highest BCUT2D eigenvalue weighted by molar-refractivity contribution is 14.1. The molecule has 0 spiro atoms. The highest BCUT2D eigenvalue weighted by Crippen LogP contribution is 2.14. The molecule has 30 heavy (non-hydrogen) atoms. The minimum atomic E-state index is 0.471. The van der Waals surface area contributed by atoms with Gasteiger partial charge in [0.05, 0.1) is 13.2 Å². The Bertz CT molecular complexity index is 806. The Labute approximate surface area is 215 Å².